The molecule has 0 bridgehead atoms. The van der Waals surface area contributed by atoms with Crippen molar-refractivity contribution in [3.8, 4) is 5.88 Å². The smallest absolute Gasteiger partial charge is 0.315 e. The van der Waals surface area contributed by atoms with Crippen molar-refractivity contribution in [2.75, 3.05) is 0 Å². The number of aliphatic hydroxyl groups is 1. The Hall–Kier alpha value is -2.60. The summed E-state index contributed by atoms with van der Waals surface area (Å²) in [4.78, 5) is 16.5. The lowest BCUT2D eigenvalue weighted by Crippen LogP contribution is -2.40. The molecule has 2 amide bonds. The number of pyridine rings is 1. The van der Waals surface area contributed by atoms with Crippen LogP contribution in [0.5, 0.6) is 5.88 Å². The normalized spacial score (nSPS) is 18.7. The van der Waals surface area contributed by atoms with Gasteiger partial charge in [0.2, 0.25) is 5.88 Å². The van der Waals surface area contributed by atoms with E-state index in [1.165, 1.54) is 0 Å². The Morgan fingerprint density at radius 2 is 2.12 bits per heavy atom. The van der Waals surface area contributed by atoms with E-state index in [4.69, 9.17) is 4.74 Å². The van der Waals surface area contributed by atoms with E-state index in [2.05, 4.69) is 15.6 Å². The van der Waals surface area contributed by atoms with E-state index in [0.717, 1.165) is 16.7 Å². The van der Waals surface area contributed by atoms with Gasteiger partial charge >= 0.3 is 6.03 Å². The van der Waals surface area contributed by atoms with E-state index in [0.29, 0.717) is 18.8 Å². The van der Waals surface area contributed by atoms with E-state index in [9.17, 15) is 9.90 Å². The largest absolute Gasteiger partial charge is 0.475 e. The van der Waals surface area contributed by atoms with Crippen molar-refractivity contribution in [2.45, 2.75) is 45.1 Å². The lowest BCUT2D eigenvalue weighted by molar-refractivity contribution is 0.142. The molecule has 132 valence electrons. The van der Waals surface area contributed by atoms with Crippen LogP contribution in [0.2, 0.25) is 0 Å². The second-order valence-corrected chi connectivity index (χ2v) is 6.41. The maximum atomic E-state index is 12.3. The van der Waals surface area contributed by atoms with Crippen molar-refractivity contribution in [1.29, 1.82) is 0 Å². The number of ether oxygens (including phenoxy) is 1. The van der Waals surface area contributed by atoms with Crippen LogP contribution in [-0.2, 0) is 13.0 Å². The van der Waals surface area contributed by atoms with Crippen LogP contribution in [0.25, 0.3) is 0 Å². The second kappa shape index (κ2) is 7.53. The number of fused-ring (bicyclic) bond motifs is 1. The minimum atomic E-state index is -0.610. The number of hydrogen-bond donors (Lipinski definition) is 3. The standard InChI is InChI=1S/C19H23N3O3/c1-12(2)25-18-14(7-5-9-20-18)11-21-19(24)22-17-15-8-4-3-6-13(15)10-16(17)23/h3-9,12,16-17,23H,10-11H2,1-2H3,(H2,21,22,24)/t16-,17+/m0/s1. The van der Waals surface area contributed by atoms with E-state index in [-0.39, 0.29) is 12.1 Å². The quantitative estimate of drug-likeness (QED) is 0.779. The molecule has 2 atom stereocenters. The molecule has 2 aromatic rings. The van der Waals surface area contributed by atoms with Crippen molar-refractivity contribution in [2.24, 2.45) is 0 Å². The van der Waals surface area contributed by atoms with Gasteiger partial charge in [-0.25, -0.2) is 9.78 Å². The fraction of sp³-hybridized carbons (Fsp3) is 0.368. The number of amides is 2. The Morgan fingerprint density at radius 1 is 1.32 bits per heavy atom. The van der Waals surface area contributed by atoms with Crippen LogP contribution in [0, 0.1) is 0 Å². The highest BCUT2D eigenvalue weighted by Gasteiger charge is 2.31. The summed E-state index contributed by atoms with van der Waals surface area (Å²) in [6, 6.07) is 10.7. The summed E-state index contributed by atoms with van der Waals surface area (Å²) in [6.07, 6.45) is 1.61. The molecule has 1 aromatic heterocycles. The summed E-state index contributed by atoms with van der Waals surface area (Å²) >= 11 is 0. The van der Waals surface area contributed by atoms with E-state index < -0.39 is 12.1 Å². The molecular formula is C19H23N3O3. The van der Waals surface area contributed by atoms with E-state index in [1.54, 1.807) is 12.3 Å². The highest BCUT2D eigenvalue weighted by atomic mass is 16.5. The number of nitrogens with one attached hydrogen (secondary N) is 2. The van der Waals surface area contributed by atoms with E-state index >= 15 is 0 Å². The minimum Gasteiger partial charge on any atom is -0.475 e. The summed E-state index contributed by atoms with van der Waals surface area (Å²) in [5.74, 6) is 0.518. The molecular weight excluding hydrogens is 318 g/mol. The van der Waals surface area contributed by atoms with E-state index in [1.807, 2.05) is 44.2 Å². The average molecular weight is 341 g/mol. The SMILES string of the molecule is CC(C)Oc1ncccc1CNC(=O)N[C@@H]1c2ccccc2C[C@@H]1O. The zero-order chi connectivity index (χ0) is 17.8. The van der Waals surface area contributed by atoms with Crippen molar-refractivity contribution < 1.29 is 14.6 Å². The number of carbonyl (C=O) groups is 1. The molecule has 3 N–H and O–H groups in total. The van der Waals surface area contributed by atoms with Gasteiger partial charge in [-0.2, -0.15) is 0 Å². The molecule has 0 saturated heterocycles. The molecule has 0 fully saturated rings. The van der Waals surface area contributed by atoms with Gasteiger partial charge in [0.25, 0.3) is 0 Å². The third kappa shape index (κ3) is 4.09. The average Bonchev–Trinajstić information content (AvgIpc) is 2.89. The number of urea groups is 1. The van der Waals surface area contributed by atoms with Crippen LogP contribution in [-0.4, -0.2) is 28.3 Å². The summed E-state index contributed by atoms with van der Waals surface area (Å²) in [5, 5.41) is 15.9. The van der Waals surface area contributed by atoms with Crippen molar-refractivity contribution in [3.05, 3.63) is 59.3 Å². The molecule has 6 heteroatoms. The number of carbonyl (C=O) groups excluding carboxylic acids is 1. The predicted octanol–water partition coefficient (Wildman–Crippen LogP) is 2.33. The third-order valence-electron chi connectivity index (χ3n) is 4.13. The zero-order valence-corrected chi connectivity index (χ0v) is 14.4. The van der Waals surface area contributed by atoms with Gasteiger partial charge in [0, 0.05) is 24.7 Å². The van der Waals surface area contributed by atoms with Crippen LogP contribution in [0.1, 0.15) is 36.6 Å². The van der Waals surface area contributed by atoms with Gasteiger partial charge in [0.1, 0.15) is 0 Å². The Kier molecular flexibility index (Phi) is 5.19. The first kappa shape index (κ1) is 17.2. The Labute approximate surface area is 147 Å². The molecule has 0 radical (unpaired) electrons. The maximum Gasteiger partial charge on any atom is 0.315 e. The minimum absolute atomic E-state index is 0.00705. The number of aromatic nitrogens is 1. The highest BCUT2D eigenvalue weighted by Crippen LogP contribution is 2.31. The monoisotopic (exact) mass is 341 g/mol. The maximum absolute atomic E-state index is 12.3. The topological polar surface area (TPSA) is 83.5 Å². The lowest BCUT2D eigenvalue weighted by Gasteiger charge is -2.19. The van der Waals surface area contributed by atoms with Gasteiger partial charge in [-0.15, -0.1) is 0 Å². The van der Waals surface area contributed by atoms with Gasteiger partial charge in [0.05, 0.1) is 18.2 Å². The number of benzene rings is 1. The summed E-state index contributed by atoms with van der Waals surface area (Å²) in [6.45, 7) is 4.15. The van der Waals surface area contributed by atoms with Gasteiger partial charge in [-0.05, 0) is 31.0 Å². The molecule has 1 aliphatic carbocycles. The molecule has 6 nitrogen and oxygen atoms in total. The third-order valence-corrected chi connectivity index (χ3v) is 4.13. The molecule has 3 rings (SSSR count). The van der Waals surface area contributed by atoms with Crippen LogP contribution < -0.4 is 15.4 Å². The first-order chi connectivity index (χ1) is 12.0. The Morgan fingerprint density at radius 3 is 2.92 bits per heavy atom. The second-order valence-electron chi connectivity index (χ2n) is 6.41. The fourth-order valence-corrected chi connectivity index (χ4v) is 3.00. The zero-order valence-electron chi connectivity index (χ0n) is 14.4. The van der Waals surface area contributed by atoms with Crippen molar-refractivity contribution >= 4 is 6.03 Å². The van der Waals surface area contributed by atoms with Gasteiger partial charge in [-0.1, -0.05) is 30.3 Å². The molecule has 0 saturated carbocycles. The summed E-state index contributed by atoms with van der Waals surface area (Å²) in [7, 11) is 0. The Bertz CT molecular complexity index is 748. The Balaban J connectivity index is 1.61. The first-order valence-corrected chi connectivity index (χ1v) is 8.45. The number of rotatable bonds is 5. The molecule has 1 aromatic carbocycles. The number of aliphatic hydroxyl groups excluding tert-OH is 1. The predicted molar refractivity (Wildman–Crippen MR) is 94.3 cm³/mol. The number of nitrogens with zero attached hydrogens (tertiary/aromatic N) is 1. The molecule has 0 aliphatic heterocycles. The highest BCUT2D eigenvalue weighted by molar-refractivity contribution is 5.75. The van der Waals surface area contributed by atoms with Crippen LogP contribution >= 0.6 is 0 Å². The molecule has 25 heavy (non-hydrogen) atoms. The van der Waals surface area contributed by atoms with Gasteiger partial charge < -0.3 is 20.5 Å². The fourth-order valence-electron chi connectivity index (χ4n) is 3.00. The first-order valence-electron chi connectivity index (χ1n) is 8.45. The molecule has 0 spiro atoms. The van der Waals surface area contributed by atoms with Crippen molar-refractivity contribution in [1.82, 2.24) is 15.6 Å². The van der Waals surface area contributed by atoms with Crippen LogP contribution in [0.4, 0.5) is 4.79 Å². The lowest BCUT2D eigenvalue weighted by atomic mass is 10.1. The summed E-state index contributed by atoms with van der Waals surface area (Å²) < 4.78 is 5.65. The molecule has 1 aliphatic rings. The van der Waals surface area contributed by atoms with Gasteiger partial charge in [-0.3, -0.25) is 0 Å². The van der Waals surface area contributed by atoms with Crippen LogP contribution in [0.15, 0.2) is 42.6 Å². The molecule has 0 unspecified atom stereocenters. The van der Waals surface area contributed by atoms with Crippen molar-refractivity contribution in [3.63, 3.8) is 0 Å². The van der Waals surface area contributed by atoms with Crippen LogP contribution in [0.3, 0.4) is 0 Å². The van der Waals surface area contributed by atoms with Gasteiger partial charge in [0.15, 0.2) is 0 Å². The number of hydrogen-bond acceptors (Lipinski definition) is 4. The summed E-state index contributed by atoms with van der Waals surface area (Å²) in [5.41, 5.74) is 2.84. The molecule has 1 heterocycles.